The molecule has 0 spiro atoms. The van der Waals surface area contributed by atoms with Gasteiger partial charge >= 0.3 is 0 Å². The van der Waals surface area contributed by atoms with E-state index in [1.54, 1.807) is 19.1 Å². The lowest BCUT2D eigenvalue weighted by atomic mass is 10.1. The molecule has 0 aliphatic carbocycles. The zero-order chi connectivity index (χ0) is 14.3. The van der Waals surface area contributed by atoms with Crippen LogP contribution in [0.3, 0.4) is 0 Å². The quantitative estimate of drug-likeness (QED) is 0.799. The molecule has 0 aliphatic heterocycles. The smallest absolute Gasteiger partial charge is 0.263 e. The number of hydrogen-bond donors (Lipinski definition) is 2. The van der Waals surface area contributed by atoms with E-state index < -0.39 is 6.43 Å². The van der Waals surface area contributed by atoms with Gasteiger partial charge in [-0.05, 0) is 18.9 Å². The van der Waals surface area contributed by atoms with Crippen LogP contribution in [0.5, 0.6) is 0 Å². The van der Waals surface area contributed by atoms with Gasteiger partial charge < -0.3 is 10.6 Å². The summed E-state index contributed by atoms with van der Waals surface area (Å²) < 4.78 is 24.7. The molecule has 3 nitrogen and oxygen atoms in total. The van der Waals surface area contributed by atoms with Crippen molar-refractivity contribution in [2.75, 3.05) is 6.54 Å². The van der Waals surface area contributed by atoms with Crippen LogP contribution in [-0.4, -0.2) is 18.5 Å². The lowest BCUT2D eigenvalue weighted by Gasteiger charge is -2.14. The molecule has 1 atom stereocenters. The normalized spacial score (nSPS) is 12.5. The molecule has 1 unspecified atom stereocenters. The zero-order valence-corrected chi connectivity index (χ0v) is 11.2. The molecule has 0 aromatic heterocycles. The second-order valence-electron chi connectivity index (χ2n) is 4.44. The molecule has 5 heteroatoms. The van der Waals surface area contributed by atoms with Crippen molar-refractivity contribution in [3.8, 4) is 0 Å². The van der Waals surface area contributed by atoms with E-state index in [0.717, 1.165) is 12.0 Å². The Hall–Kier alpha value is -1.49. The molecule has 0 radical (unpaired) electrons. The summed E-state index contributed by atoms with van der Waals surface area (Å²) in [5, 5.41) is 5.85. The fourth-order valence-corrected chi connectivity index (χ4v) is 1.55. The number of carbonyl (C=O) groups excluding carboxylic acids is 1. The van der Waals surface area contributed by atoms with E-state index in [-0.39, 0.29) is 17.5 Å². The van der Waals surface area contributed by atoms with Gasteiger partial charge in [-0.15, -0.1) is 0 Å². The molecule has 0 aliphatic rings. The van der Waals surface area contributed by atoms with Crippen LogP contribution >= 0.6 is 0 Å². The number of benzene rings is 1. The molecular weight excluding hydrogens is 250 g/mol. The first-order valence-corrected chi connectivity index (χ1v) is 6.42. The van der Waals surface area contributed by atoms with Crippen molar-refractivity contribution >= 4 is 5.91 Å². The fourth-order valence-electron chi connectivity index (χ4n) is 1.55. The van der Waals surface area contributed by atoms with Crippen LogP contribution in [0.4, 0.5) is 8.78 Å². The predicted molar refractivity (Wildman–Crippen MR) is 71.0 cm³/mol. The number of hydrogen-bond acceptors (Lipinski definition) is 2. The summed E-state index contributed by atoms with van der Waals surface area (Å²) in [6, 6.07) is 5.80. The average Bonchev–Trinajstić information content (AvgIpc) is 2.42. The Morgan fingerprint density at radius 3 is 2.42 bits per heavy atom. The molecular formula is C14H20F2N2O. The summed E-state index contributed by atoms with van der Waals surface area (Å²) >= 11 is 0. The van der Waals surface area contributed by atoms with Crippen LogP contribution < -0.4 is 10.6 Å². The second kappa shape index (κ2) is 7.84. The zero-order valence-electron chi connectivity index (χ0n) is 11.2. The molecule has 0 saturated carbocycles. The minimum atomic E-state index is -2.44. The first-order chi connectivity index (χ1) is 9.04. The lowest BCUT2D eigenvalue weighted by molar-refractivity contribution is -0.122. The van der Waals surface area contributed by atoms with Crippen molar-refractivity contribution in [1.82, 2.24) is 10.6 Å². The third-order valence-corrected chi connectivity index (χ3v) is 2.79. The molecule has 1 aromatic rings. The van der Waals surface area contributed by atoms with E-state index >= 15 is 0 Å². The maximum Gasteiger partial charge on any atom is 0.263 e. The van der Waals surface area contributed by atoms with Gasteiger partial charge in [0.2, 0.25) is 5.91 Å². The van der Waals surface area contributed by atoms with Gasteiger partial charge in [0.05, 0.1) is 6.04 Å². The first-order valence-electron chi connectivity index (χ1n) is 6.42. The summed E-state index contributed by atoms with van der Waals surface area (Å²) in [6.07, 6.45) is -1.55. The van der Waals surface area contributed by atoms with E-state index in [1.165, 1.54) is 12.1 Å². The van der Waals surface area contributed by atoms with Crippen molar-refractivity contribution in [2.45, 2.75) is 39.3 Å². The number of alkyl halides is 2. The Bertz CT molecular complexity index is 393. The molecule has 106 valence electrons. The summed E-state index contributed by atoms with van der Waals surface area (Å²) in [7, 11) is 0. The second-order valence-corrected chi connectivity index (χ2v) is 4.44. The highest BCUT2D eigenvalue weighted by Crippen LogP contribution is 2.18. The van der Waals surface area contributed by atoms with E-state index in [4.69, 9.17) is 0 Å². The van der Waals surface area contributed by atoms with Gasteiger partial charge in [-0.2, -0.15) is 0 Å². The Balaban J connectivity index is 2.41. The minimum absolute atomic E-state index is 0.0116. The molecule has 2 N–H and O–H groups in total. The summed E-state index contributed by atoms with van der Waals surface area (Å²) in [5.74, 6) is -0.0500. The van der Waals surface area contributed by atoms with Crippen molar-refractivity contribution in [3.05, 3.63) is 35.4 Å². The van der Waals surface area contributed by atoms with Crippen molar-refractivity contribution in [2.24, 2.45) is 0 Å². The highest BCUT2D eigenvalue weighted by molar-refractivity contribution is 5.81. The van der Waals surface area contributed by atoms with Gasteiger partial charge in [0.1, 0.15) is 0 Å². The van der Waals surface area contributed by atoms with Gasteiger partial charge in [0.15, 0.2) is 0 Å². The first kappa shape index (κ1) is 15.6. The highest BCUT2D eigenvalue weighted by atomic mass is 19.3. The van der Waals surface area contributed by atoms with Crippen molar-refractivity contribution in [3.63, 3.8) is 0 Å². The standard InChI is InChI=1S/C14H20F2N2O/c1-3-8-17-14(19)10(2)18-9-11-4-6-12(7-5-11)13(15)16/h4-7,10,13,18H,3,8-9H2,1-2H3,(H,17,19). The van der Waals surface area contributed by atoms with Crippen LogP contribution in [0.1, 0.15) is 37.8 Å². The van der Waals surface area contributed by atoms with Crippen LogP contribution in [0.2, 0.25) is 0 Å². The third kappa shape index (κ3) is 5.34. The summed E-state index contributed by atoms with van der Waals surface area (Å²) in [5.41, 5.74) is 0.886. The maximum atomic E-state index is 12.4. The molecule has 1 rings (SSSR count). The molecule has 0 bridgehead atoms. The van der Waals surface area contributed by atoms with Gasteiger partial charge in [-0.1, -0.05) is 31.2 Å². The topological polar surface area (TPSA) is 41.1 Å². The Morgan fingerprint density at radius 1 is 1.26 bits per heavy atom. The van der Waals surface area contributed by atoms with Crippen molar-refractivity contribution < 1.29 is 13.6 Å². The highest BCUT2D eigenvalue weighted by Gasteiger charge is 2.11. The van der Waals surface area contributed by atoms with Crippen LogP contribution in [0.15, 0.2) is 24.3 Å². The number of nitrogens with one attached hydrogen (secondary N) is 2. The number of amides is 1. The number of carbonyl (C=O) groups is 1. The van der Waals surface area contributed by atoms with Gasteiger partial charge in [-0.25, -0.2) is 8.78 Å². The number of halogens is 2. The van der Waals surface area contributed by atoms with Crippen molar-refractivity contribution in [1.29, 1.82) is 0 Å². The maximum absolute atomic E-state index is 12.4. The summed E-state index contributed by atoms with van der Waals surface area (Å²) in [6.45, 7) is 4.90. The molecule has 1 amide bonds. The Labute approximate surface area is 112 Å². The monoisotopic (exact) mass is 270 g/mol. The van der Waals surface area contributed by atoms with Gasteiger partial charge in [0, 0.05) is 18.7 Å². The van der Waals surface area contributed by atoms with E-state index in [9.17, 15) is 13.6 Å². The number of rotatable bonds is 7. The predicted octanol–water partition coefficient (Wildman–Crippen LogP) is 2.63. The fraction of sp³-hybridized carbons (Fsp3) is 0.500. The van der Waals surface area contributed by atoms with Crippen LogP contribution in [-0.2, 0) is 11.3 Å². The SMILES string of the molecule is CCCNC(=O)C(C)NCc1ccc(C(F)F)cc1. The molecule has 0 fully saturated rings. The van der Waals surface area contributed by atoms with Crippen LogP contribution in [0.25, 0.3) is 0 Å². The van der Waals surface area contributed by atoms with Gasteiger partial charge in [0.25, 0.3) is 6.43 Å². The van der Waals surface area contributed by atoms with Gasteiger partial charge in [-0.3, -0.25) is 4.79 Å². The van der Waals surface area contributed by atoms with E-state index in [2.05, 4.69) is 10.6 Å². The van der Waals surface area contributed by atoms with E-state index in [1.807, 2.05) is 6.92 Å². The van der Waals surface area contributed by atoms with E-state index in [0.29, 0.717) is 13.1 Å². The van der Waals surface area contributed by atoms with Crippen LogP contribution in [0, 0.1) is 0 Å². The molecule has 19 heavy (non-hydrogen) atoms. The Kier molecular flexibility index (Phi) is 6.42. The molecule has 0 saturated heterocycles. The average molecular weight is 270 g/mol. The summed E-state index contributed by atoms with van der Waals surface area (Å²) in [4.78, 5) is 11.6. The largest absolute Gasteiger partial charge is 0.355 e. The molecule has 1 aromatic carbocycles. The Morgan fingerprint density at radius 2 is 1.89 bits per heavy atom. The lowest BCUT2D eigenvalue weighted by Crippen LogP contribution is -2.42. The molecule has 0 heterocycles. The minimum Gasteiger partial charge on any atom is -0.355 e. The third-order valence-electron chi connectivity index (χ3n) is 2.79.